The van der Waals surface area contributed by atoms with E-state index in [1.54, 1.807) is 18.5 Å². The zero-order valence-corrected chi connectivity index (χ0v) is 39.4. The van der Waals surface area contributed by atoms with Crippen LogP contribution < -0.4 is 37.6 Å². The predicted octanol–water partition coefficient (Wildman–Crippen LogP) is 10.8. The lowest BCUT2D eigenvalue weighted by molar-refractivity contribution is 0.101. The molecule has 0 radical (unpaired) electrons. The summed E-state index contributed by atoms with van der Waals surface area (Å²) in [7, 11) is 4.00. The molecular formula is C56H54FN11O2. The average Bonchev–Trinajstić information content (AvgIpc) is 3.34. The summed E-state index contributed by atoms with van der Waals surface area (Å²) in [6.45, 7) is 12.1. The van der Waals surface area contributed by atoms with Gasteiger partial charge in [0.15, 0.2) is 0 Å². The highest BCUT2D eigenvalue weighted by atomic mass is 19.1. The van der Waals surface area contributed by atoms with Gasteiger partial charge >= 0.3 is 0 Å². The molecule has 2 amide bonds. The van der Waals surface area contributed by atoms with Crippen molar-refractivity contribution in [2.45, 2.75) is 26.7 Å². The largest absolute Gasteiger partial charge is 0.399 e. The fourth-order valence-corrected chi connectivity index (χ4v) is 7.21. The number of nitrogens with one attached hydrogen (secondary N) is 4. The molecule has 13 nitrogen and oxygen atoms in total. The maximum absolute atomic E-state index is 14.4. The maximum Gasteiger partial charge on any atom is 0.258 e. The summed E-state index contributed by atoms with van der Waals surface area (Å²) < 4.78 is 14.4. The SMILES string of the molecule is C=C(Nc1ccc(C)c(C(=O)Nc2cnc(Cc3cccc(N)c3)nc2)c1)c1cccc(N(C)C)c1.C=C(Nc1ccc(F)c(C(=O)Nc2cnc(Cc3cccc(N)c3)nc2)c1)c1cccc(C)c1. The molecule has 8 aromatic rings. The molecule has 0 unspecified atom stereocenters. The number of amides is 2. The van der Waals surface area contributed by atoms with Crippen molar-refractivity contribution in [1.82, 2.24) is 19.9 Å². The van der Waals surface area contributed by atoms with Crippen LogP contribution in [0.3, 0.4) is 0 Å². The molecule has 70 heavy (non-hydrogen) atoms. The van der Waals surface area contributed by atoms with Gasteiger partial charge in [0.25, 0.3) is 11.8 Å². The first kappa shape index (κ1) is 48.8. The van der Waals surface area contributed by atoms with Gasteiger partial charge < -0.3 is 37.6 Å². The van der Waals surface area contributed by atoms with Crippen LogP contribution in [0.25, 0.3) is 11.4 Å². The summed E-state index contributed by atoms with van der Waals surface area (Å²) in [5, 5.41) is 12.0. The van der Waals surface area contributed by atoms with Gasteiger partial charge in [0.05, 0.1) is 41.7 Å². The molecule has 0 saturated carbocycles. The Hall–Kier alpha value is -9.17. The number of aromatic nitrogens is 4. The number of aryl methyl sites for hydroxylation is 2. The third kappa shape index (κ3) is 13.5. The van der Waals surface area contributed by atoms with Crippen LogP contribution in [0.15, 0.2) is 171 Å². The minimum Gasteiger partial charge on any atom is -0.399 e. The Morgan fingerprint density at radius 1 is 0.543 bits per heavy atom. The van der Waals surface area contributed by atoms with E-state index in [4.69, 9.17) is 11.5 Å². The monoisotopic (exact) mass is 931 g/mol. The summed E-state index contributed by atoms with van der Waals surface area (Å²) in [5.41, 5.74) is 24.0. The quantitative estimate of drug-likeness (QED) is 0.0537. The highest BCUT2D eigenvalue weighted by Gasteiger charge is 2.16. The zero-order valence-electron chi connectivity index (χ0n) is 39.4. The third-order valence-electron chi connectivity index (χ3n) is 10.9. The number of benzene rings is 6. The number of carbonyl (C=O) groups excluding carboxylic acids is 2. The average molecular weight is 932 g/mol. The number of rotatable bonds is 15. The van der Waals surface area contributed by atoms with Gasteiger partial charge in [0.2, 0.25) is 0 Å². The maximum atomic E-state index is 14.4. The van der Waals surface area contributed by atoms with E-state index in [1.165, 1.54) is 24.5 Å². The van der Waals surface area contributed by atoms with Gasteiger partial charge in [0.1, 0.15) is 17.5 Å². The Balaban J connectivity index is 0.000000207. The van der Waals surface area contributed by atoms with Crippen molar-refractivity contribution in [2.24, 2.45) is 0 Å². The van der Waals surface area contributed by atoms with E-state index in [-0.39, 0.29) is 11.5 Å². The lowest BCUT2D eigenvalue weighted by Gasteiger charge is -2.16. The topological polar surface area (TPSA) is 189 Å². The lowest BCUT2D eigenvalue weighted by atomic mass is 10.1. The third-order valence-corrected chi connectivity index (χ3v) is 10.9. The highest BCUT2D eigenvalue weighted by molar-refractivity contribution is 6.06. The van der Waals surface area contributed by atoms with Crippen LogP contribution in [-0.4, -0.2) is 45.8 Å². The minimum atomic E-state index is -0.636. The Morgan fingerprint density at radius 3 is 1.53 bits per heavy atom. The van der Waals surface area contributed by atoms with Crippen molar-refractivity contribution < 1.29 is 14.0 Å². The first-order chi connectivity index (χ1) is 33.6. The summed E-state index contributed by atoms with van der Waals surface area (Å²) >= 11 is 0. The smallest absolute Gasteiger partial charge is 0.258 e. The Bertz CT molecular complexity index is 3170. The molecule has 0 aliphatic heterocycles. The van der Waals surface area contributed by atoms with Crippen molar-refractivity contribution in [2.75, 3.05) is 51.7 Å². The Kier molecular flexibility index (Phi) is 15.7. The van der Waals surface area contributed by atoms with Crippen LogP contribution in [0, 0.1) is 19.7 Å². The minimum absolute atomic E-state index is 0.106. The molecular weight excluding hydrogens is 878 g/mol. The zero-order chi connectivity index (χ0) is 49.7. The lowest BCUT2D eigenvalue weighted by Crippen LogP contribution is -2.15. The van der Waals surface area contributed by atoms with Crippen LogP contribution in [0.5, 0.6) is 0 Å². The second-order valence-corrected chi connectivity index (χ2v) is 16.8. The molecule has 0 atom stereocenters. The Labute approximate surface area is 407 Å². The summed E-state index contributed by atoms with van der Waals surface area (Å²) in [6, 6.07) is 40.9. The van der Waals surface area contributed by atoms with E-state index in [2.05, 4.69) is 60.4 Å². The fraction of sp³-hybridized carbons (Fsp3) is 0.107. The number of nitrogens with zero attached hydrogens (tertiary/aromatic N) is 5. The van der Waals surface area contributed by atoms with E-state index >= 15 is 0 Å². The second-order valence-electron chi connectivity index (χ2n) is 16.8. The molecule has 8 rings (SSSR count). The molecule has 0 spiro atoms. The first-order valence-corrected chi connectivity index (χ1v) is 22.3. The van der Waals surface area contributed by atoms with Gasteiger partial charge in [-0.3, -0.25) is 9.59 Å². The molecule has 2 heterocycles. The number of nitrogen functional groups attached to an aromatic ring is 2. The van der Waals surface area contributed by atoms with Gasteiger partial charge in [-0.15, -0.1) is 0 Å². The van der Waals surface area contributed by atoms with Crippen molar-refractivity contribution in [3.63, 3.8) is 0 Å². The number of anilines is 7. The summed E-state index contributed by atoms with van der Waals surface area (Å²) in [4.78, 5) is 45.2. The first-order valence-electron chi connectivity index (χ1n) is 22.3. The van der Waals surface area contributed by atoms with E-state index in [1.807, 2.05) is 142 Å². The van der Waals surface area contributed by atoms with Crippen LogP contribution in [0.2, 0.25) is 0 Å². The molecule has 2 aromatic heterocycles. The molecule has 0 aliphatic carbocycles. The summed E-state index contributed by atoms with van der Waals surface area (Å²) in [5.74, 6) is -0.241. The number of nitrogens with two attached hydrogens (primary N) is 2. The number of carbonyl (C=O) groups is 2. The van der Waals surface area contributed by atoms with Gasteiger partial charge in [-0.1, -0.05) is 79.4 Å². The van der Waals surface area contributed by atoms with E-state index in [0.29, 0.717) is 64.2 Å². The Morgan fingerprint density at radius 2 is 1.01 bits per heavy atom. The van der Waals surface area contributed by atoms with Gasteiger partial charge in [-0.25, -0.2) is 24.3 Å². The summed E-state index contributed by atoms with van der Waals surface area (Å²) in [6.07, 6.45) is 7.28. The van der Waals surface area contributed by atoms with Crippen molar-refractivity contribution in [3.8, 4) is 0 Å². The van der Waals surface area contributed by atoms with Gasteiger partial charge in [-0.05, 0) is 114 Å². The van der Waals surface area contributed by atoms with Crippen LogP contribution in [0.4, 0.5) is 44.2 Å². The van der Waals surface area contributed by atoms with Crippen LogP contribution in [-0.2, 0) is 12.8 Å². The molecule has 6 aromatic carbocycles. The van der Waals surface area contributed by atoms with Crippen molar-refractivity contribution >= 4 is 63.0 Å². The predicted molar refractivity (Wildman–Crippen MR) is 282 cm³/mol. The number of halogens is 1. The van der Waals surface area contributed by atoms with E-state index < -0.39 is 11.7 Å². The number of hydrogen-bond acceptors (Lipinski definition) is 11. The molecule has 0 saturated heterocycles. The molecule has 0 aliphatic rings. The fourth-order valence-electron chi connectivity index (χ4n) is 7.21. The molecule has 14 heteroatoms. The van der Waals surface area contributed by atoms with Crippen molar-refractivity contribution in [3.05, 3.63) is 233 Å². The molecule has 0 bridgehead atoms. The molecule has 0 fully saturated rings. The standard InChI is InChI=1S/C29H30N6O.C27H24FN5O/c1-19-11-12-24(33-20(2)22-8-6-10-26(15-22)35(3)4)16-27(19)29(36)34-25-17-31-28(32-18-25)14-21-7-5-9-23(30)13-21;1-17-5-3-7-20(11-17)18(2)32-22-9-10-25(28)24(14-22)27(34)33-23-15-30-26(31-16-23)13-19-6-4-8-21(29)12-19/h5-13,15-18,33H,2,14,30H2,1,3-4H3,(H,34,36);3-12,14-16,32H,2,13,29H2,1H3,(H,33,34). The van der Waals surface area contributed by atoms with E-state index in [0.717, 1.165) is 50.5 Å². The van der Waals surface area contributed by atoms with Crippen molar-refractivity contribution in [1.29, 1.82) is 0 Å². The van der Waals surface area contributed by atoms with Gasteiger partial charge in [-0.2, -0.15) is 0 Å². The molecule has 352 valence electrons. The second kappa shape index (κ2) is 22.5. The normalized spacial score (nSPS) is 10.5. The molecule has 8 N–H and O–H groups in total. The van der Waals surface area contributed by atoms with Crippen LogP contribution in [0.1, 0.15) is 65.7 Å². The van der Waals surface area contributed by atoms with Crippen LogP contribution >= 0.6 is 0 Å². The van der Waals surface area contributed by atoms with Gasteiger partial charge in [0, 0.05) is 72.3 Å². The number of hydrogen-bond donors (Lipinski definition) is 6. The highest BCUT2D eigenvalue weighted by Crippen LogP contribution is 2.25. The van der Waals surface area contributed by atoms with E-state index in [9.17, 15) is 14.0 Å².